The minimum absolute atomic E-state index is 0.222. The summed E-state index contributed by atoms with van der Waals surface area (Å²) in [6.07, 6.45) is 3.25. The minimum Gasteiger partial charge on any atom is -0.299 e. The van der Waals surface area contributed by atoms with E-state index in [9.17, 15) is 4.79 Å². The molecule has 1 aromatic rings. The molecule has 0 radical (unpaired) electrons. The molecule has 14 heavy (non-hydrogen) atoms. The Morgan fingerprint density at radius 2 is 2.36 bits per heavy atom. The molecule has 0 spiro atoms. The largest absolute Gasteiger partial charge is 0.299 e. The van der Waals surface area contributed by atoms with Crippen LogP contribution in [-0.4, -0.2) is 20.8 Å². The van der Waals surface area contributed by atoms with Crippen molar-refractivity contribution >= 4 is 5.78 Å². The van der Waals surface area contributed by atoms with Crippen molar-refractivity contribution in [1.29, 1.82) is 0 Å². The van der Waals surface area contributed by atoms with Gasteiger partial charge >= 0.3 is 0 Å². The van der Waals surface area contributed by atoms with Gasteiger partial charge in [-0.1, -0.05) is 19.1 Å². The first-order valence-corrected chi connectivity index (χ1v) is 4.87. The first-order chi connectivity index (χ1) is 6.49. The average Bonchev–Trinajstić information content (AvgIpc) is 2.51. The summed E-state index contributed by atoms with van der Waals surface area (Å²) in [6.45, 7) is 4.26. The molecule has 4 nitrogen and oxygen atoms in total. The van der Waals surface area contributed by atoms with Crippen LogP contribution in [0.15, 0.2) is 6.20 Å². The van der Waals surface area contributed by atoms with Gasteiger partial charge in [-0.25, -0.2) is 0 Å². The highest BCUT2D eigenvalue weighted by Gasteiger charge is 2.49. The number of hydrogen-bond donors (Lipinski definition) is 0. The first-order valence-electron chi connectivity index (χ1n) is 4.87. The van der Waals surface area contributed by atoms with Crippen molar-refractivity contribution < 1.29 is 4.79 Å². The van der Waals surface area contributed by atoms with Gasteiger partial charge in [0.2, 0.25) is 0 Å². The van der Waals surface area contributed by atoms with Crippen molar-refractivity contribution in [3.8, 4) is 0 Å². The fraction of sp³-hybridized carbons (Fsp3) is 0.700. The normalized spacial score (nSPS) is 23.5. The number of carbonyl (C=O) groups excluding carboxylic acids is 1. The van der Waals surface area contributed by atoms with Crippen LogP contribution in [0.2, 0.25) is 0 Å². The highest BCUT2D eigenvalue weighted by molar-refractivity contribution is 5.86. The highest BCUT2D eigenvalue weighted by atomic mass is 16.1. The SMILES string of the molecule is Cn1cc(CC(=O)C2CC2(C)C)nn1. The van der Waals surface area contributed by atoms with Crippen LogP contribution in [0.4, 0.5) is 0 Å². The lowest BCUT2D eigenvalue weighted by atomic mass is 10.0. The van der Waals surface area contributed by atoms with Crippen LogP contribution in [-0.2, 0) is 18.3 Å². The van der Waals surface area contributed by atoms with Crippen molar-refractivity contribution in [3.63, 3.8) is 0 Å². The van der Waals surface area contributed by atoms with Crippen molar-refractivity contribution in [1.82, 2.24) is 15.0 Å². The Bertz CT molecular complexity index is 367. The topological polar surface area (TPSA) is 47.8 Å². The molecule has 76 valence electrons. The number of Topliss-reactive ketones (excluding diaryl/α,β-unsaturated/α-hetero) is 1. The van der Waals surface area contributed by atoms with Crippen LogP contribution in [0, 0.1) is 11.3 Å². The average molecular weight is 193 g/mol. The molecule has 4 heteroatoms. The van der Waals surface area contributed by atoms with Gasteiger partial charge in [0.05, 0.1) is 12.1 Å². The maximum atomic E-state index is 11.7. The molecule has 1 heterocycles. The number of ketones is 1. The quantitative estimate of drug-likeness (QED) is 0.718. The monoisotopic (exact) mass is 193 g/mol. The molecule has 1 unspecified atom stereocenters. The molecular formula is C10H15N3O. The van der Waals surface area contributed by atoms with E-state index in [-0.39, 0.29) is 11.3 Å². The van der Waals surface area contributed by atoms with Crippen LogP contribution in [0.25, 0.3) is 0 Å². The molecule has 1 fully saturated rings. The van der Waals surface area contributed by atoms with E-state index in [0.29, 0.717) is 12.2 Å². The second kappa shape index (κ2) is 2.90. The summed E-state index contributed by atoms with van der Waals surface area (Å²) >= 11 is 0. The Labute approximate surface area is 83.3 Å². The molecule has 0 bridgehead atoms. The summed E-state index contributed by atoms with van der Waals surface area (Å²) < 4.78 is 1.63. The van der Waals surface area contributed by atoms with Gasteiger partial charge in [0.25, 0.3) is 0 Å². The molecule has 1 saturated carbocycles. The third-order valence-corrected chi connectivity index (χ3v) is 2.91. The van der Waals surface area contributed by atoms with Gasteiger partial charge in [-0.2, -0.15) is 0 Å². The zero-order valence-electron chi connectivity index (χ0n) is 8.82. The molecule has 0 aliphatic heterocycles. The third kappa shape index (κ3) is 1.69. The van der Waals surface area contributed by atoms with E-state index in [0.717, 1.165) is 12.1 Å². The second-order valence-corrected chi connectivity index (χ2v) is 4.77. The fourth-order valence-electron chi connectivity index (χ4n) is 1.79. The maximum Gasteiger partial charge on any atom is 0.142 e. The van der Waals surface area contributed by atoms with Gasteiger partial charge < -0.3 is 0 Å². The van der Waals surface area contributed by atoms with E-state index in [4.69, 9.17) is 0 Å². The Morgan fingerprint density at radius 1 is 1.71 bits per heavy atom. The molecule has 2 rings (SSSR count). The standard InChI is InChI=1S/C10H15N3O/c1-10(2)5-8(10)9(14)4-7-6-13(3)12-11-7/h6,8H,4-5H2,1-3H3. The van der Waals surface area contributed by atoms with E-state index in [1.165, 1.54) is 0 Å². The Balaban J connectivity index is 1.96. The van der Waals surface area contributed by atoms with Crippen LogP contribution < -0.4 is 0 Å². The predicted octanol–water partition coefficient (Wildman–Crippen LogP) is 0.973. The smallest absolute Gasteiger partial charge is 0.142 e. The zero-order chi connectivity index (χ0) is 10.3. The van der Waals surface area contributed by atoms with E-state index < -0.39 is 0 Å². The van der Waals surface area contributed by atoms with Crippen LogP contribution in [0.5, 0.6) is 0 Å². The van der Waals surface area contributed by atoms with Crippen molar-refractivity contribution in [2.24, 2.45) is 18.4 Å². The van der Waals surface area contributed by atoms with Gasteiger partial charge in [0.1, 0.15) is 5.78 Å². The highest BCUT2D eigenvalue weighted by Crippen LogP contribution is 2.52. The molecule has 1 aliphatic rings. The van der Waals surface area contributed by atoms with Gasteiger partial charge in [-0.3, -0.25) is 9.48 Å². The zero-order valence-corrected chi connectivity index (χ0v) is 8.82. The second-order valence-electron chi connectivity index (χ2n) is 4.77. The summed E-state index contributed by atoms with van der Waals surface area (Å²) in [6, 6.07) is 0. The van der Waals surface area contributed by atoms with E-state index in [2.05, 4.69) is 24.2 Å². The van der Waals surface area contributed by atoms with Crippen molar-refractivity contribution in [2.45, 2.75) is 26.7 Å². The number of aromatic nitrogens is 3. The van der Waals surface area contributed by atoms with E-state index in [1.54, 1.807) is 10.9 Å². The summed E-state index contributed by atoms with van der Waals surface area (Å²) in [7, 11) is 1.81. The summed E-state index contributed by atoms with van der Waals surface area (Å²) in [4.78, 5) is 11.7. The fourth-order valence-corrected chi connectivity index (χ4v) is 1.79. The molecule has 0 aromatic carbocycles. The molecule has 0 saturated heterocycles. The lowest BCUT2D eigenvalue weighted by Crippen LogP contribution is -2.09. The summed E-state index contributed by atoms with van der Waals surface area (Å²) in [5, 5.41) is 7.71. The molecule has 1 aromatic heterocycles. The molecule has 0 amide bonds. The Morgan fingerprint density at radius 3 is 2.79 bits per heavy atom. The third-order valence-electron chi connectivity index (χ3n) is 2.91. The number of aryl methyl sites for hydroxylation is 1. The Hall–Kier alpha value is -1.19. The predicted molar refractivity (Wildman–Crippen MR) is 51.6 cm³/mol. The lowest BCUT2D eigenvalue weighted by Gasteiger charge is -1.99. The van der Waals surface area contributed by atoms with Crippen LogP contribution in [0.3, 0.4) is 0 Å². The first kappa shape index (κ1) is 9.37. The van der Waals surface area contributed by atoms with Gasteiger partial charge in [0, 0.05) is 19.2 Å². The van der Waals surface area contributed by atoms with E-state index in [1.807, 2.05) is 7.05 Å². The van der Waals surface area contributed by atoms with E-state index >= 15 is 0 Å². The number of carbonyl (C=O) groups is 1. The Kier molecular flexibility index (Phi) is 1.94. The van der Waals surface area contributed by atoms with Gasteiger partial charge in [-0.05, 0) is 11.8 Å². The number of nitrogens with zero attached hydrogens (tertiary/aromatic N) is 3. The number of rotatable bonds is 3. The van der Waals surface area contributed by atoms with Crippen molar-refractivity contribution in [3.05, 3.63) is 11.9 Å². The van der Waals surface area contributed by atoms with Crippen LogP contribution in [0.1, 0.15) is 26.0 Å². The van der Waals surface area contributed by atoms with Crippen LogP contribution >= 0.6 is 0 Å². The minimum atomic E-state index is 0.222. The summed E-state index contributed by atoms with van der Waals surface area (Å²) in [5.41, 5.74) is 0.999. The van der Waals surface area contributed by atoms with Gasteiger partial charge in [-0.15, -0.1) is 5.10 Å². The molecule has 1 aliphatic carbocycles. The van der Waals surface area contributed by atoms with Gasteiger partial charge in [0.15, 0.2) is 0 Å². The van der Waals surface area contributed by atoms with Crippen molar-refractivity contribution in [2.75, 3.05) is 0 Å². The molecule has 1 atom stereocenters. The maximum absolute atomic E-state index is 11.7. The lowest BCUT2D eigenvalue weighted by molar-refractivity contribution is -0.120. The summed E-state index contributed by atoms with van der Waals surface area (Å²) in [5.74, 6) is 0.542. The number of hydrogen-bond acceptors (Lipinski definition) is 3. The molecule has 0 N–H and O–H groups in total. The molecular weight excluding hydrogens is 178 g/mol.